The Bertz CT molecular complexity index is 58.4. The Morgan fingerprint density at radius 3 is 2.27 bits per heavy atom. The van der Waals surface area contributed by atoms with Crippen LogP contribution in [0.1, 0.15) is 45.4 Å². The van der Waals surface area contributed by atoms with Gasteiger partial charge in [0, 0.05) is 5.75 Å². The Labute approximate surface area is 83.5 Å². The highest BCUT2D eigenvalue weighted by Crippen LogP contribution is 2.25. The van der Waals surface area contributed by atoms with Crippen LogP contribution in [0.2, 0.25) is 0 Å². The molecule has 0 saturated carbocycles. The van der Waals surface area contributed by atoms with Gasteiger partial charge in [0.1, 0.15) is 0 Å². The monoisotopic (exact) mass is 210 g/mol. The van der Waals surface area contributed by atoms with Crippen LogP contribution in [0, 0.1) is 0 Å². The van der Waals surface area contributed by atoms with Gasteiger partial charge in [-0.2, -0.15) is 0 Å². The van der Waals surface area contributed by atoms with Crippen molar-refractivity contribution in [2.24, 2.45) is 0 Å². The first-order valence-corrected chi connectivity index (χ1v) is 7.72. The third kappa shape index (κ3) is 11.0. The molecule has 11 heavy (non-hydrogen) atoms. The maximum absolute atomic E-state index is 4.06. The van der Waals surface area contributed by atoms with Crippen molar-refractivity contribution in [2.75, 3.05) is 5.75 Å². The van der Waals surface area contributed by atoms with Gasteiger partial charge in [-0.25, -0.2) is 0 Å². The summed E-state index contributed by atoms with van der Waals surface area (Å²) >= 11 is 4.06. The van der Waals surface area contributed by atoms with Crippen LogP contribution >= 0.6 is 32.3 Å². The fraction of sp³-hybridized carbons (Fsp3) is 1.00. The molecule has 0 spiro atoms. The number of hydrogen-bond donors (Lipinski definition) is 1. The molecule has 0 atom stereocenters. The zero-order chi connectivity index (χ0) is 8.36. The number of rotatable bonds is 8. The molecular weight excluding hydrogens is 192 g/mol. The summed E-state index contributed by atoms with van der Waals surface area (Å²) in [5.41, 5.74) is 0. The van der Waals surface area contributed by atoms with Crippen molar-refractivity contribution >= 4 is 32.3 Å². The minimum atomic E-state index is 1.26. The van der Waals surface area contributed by atoms with E-state index in [4.69, 9.17) is 0 Å². The van der Waals surface area contributed by atoms with Gasteiger partial charge in [-0.3, -0.25) is 0 Å². The SMILES string of the molecule is CCCCCCCCSSS. The van der Waals surface area contributed by atoms with E-state index in [2.05, 4.69) is 18.6 Å². The van der Waals surface area contributed by atoms with Gasteiger partial charge >= 0.3 is 0 Å². The van der Waals surface area contributed by atoms with Gasteiger partial charge in [0.2, 0.25) is 0 Å². The highest BCUT2D eigenvalue weighted by atomic mass is 33.5. The Morgan fingerprint density at radius 2 is 1.64 bits per heavy atom. The lowest BCUT2D eigenvalue weighted by Crippen LogP contribution is -1.79. The molecule has 0 aromatic rings. The van der Waals surface area contributed by atoms with Gasteiger partial charge in [0.25, 0.3) is 0 Å². The van der Waals surface area contributed by atoms with E-state index in [-0.39, 0.29) is 0 Å². The van der Waals surface area contributed by atoms with E-state index in [0.29, 0.717) is 0 Å². The van der Waals surface area contributed by atoms with Crippen LogP contribution in [0.25, 0.3) is 0 Å². The third-order valence-electron chi connectivity index (χ3n) is 1.63. The molecular formula is C8H18S3. The second kappa shape index (κ2) is 11.1. The van der Waals surface area contributed by atoms with Crippen molar-refractivity contribution in [2.45, 2.75) is 45.4 Å². The molecule has 0 amide bonds. The molecule has 0 aromatic carbocycles. The maximum Gasteiger partial charge on any atom is 0.00450 e. The lowest BCUT2D eigenvalue weighted by atomic mass is 10.1. The van der Waals surface area contributed by atoms with Gasteiger partial charge < -0.3 is 0 Å². The lowest BCUT2D eigenvalue weighted by Gasteiger charge is -1.98. The van der Waals surface area contributed by atoms with Crippen LogP contribution in [0.15, 0.2) is 0 Å². The highest BCUT2D eigenvalue weighted by molar-refractivity contribution is 9.05. The molecule has 0 aliphatic rings. The summed E-state index contributed by atoms with van der Waals surface area (Å²) in [6.45, 7) is 2.26. The van der Waals surface area contributed by atoms with Gasteiger partial charge in [-0.05, 0) is 16.2 Å². The minimum Gasteiger partial charge on any atom is -0.0997 e. The molecule has 68 valence electrons. The molecule has 0 fully saturated rings. The van der Waals surface area contributed by atoms with E-state index in [0.717, 1.165) is 0 Å². The van der Waals surface area contributed by atoms with Crippen LogP contribution in [-0.2, 0) is 0 Å². The number of unbranched alkanes of at least 4 members (excludes halogenated alkanes) is 5. The Kier molecular flexibility index (Phi) is 12.1. The van der Waals surface area contributed by atoms with E-state index in [1.807, 2.05) is 10.8 Å². The van der Waals surface area contributed by atoms with Gasteiger partial charge in [0.15, 0.2) is 0 Å². The van der Waals surface area contributed by atoms with Crippen molar-refractivity contribution in [3.05, 3.63) is 0 Å². The molecule has 0 aliphatic carbocycles. The quantitative estimate of drug-likeness (QED) is 0.354. The number of hydrogen-bond acceptors (Lipinski definition) is 3. The molecule has 0 nitrogen and oxygen atoms in total. The second-order valence-corrected chi connectivity index (χ2v) is 5.95. The summed E-state index contributed by atoms with van der Waals surface area (Å²) < 4.78 is 0. The Morgan fingerprint density at radius 1 is 1.00 bits per heavy atom. The van der Waals surface area contributed by atoms with Crippen LogP contribution in [0.3, 0.4) is 0 Å². The molecule has 0 radical (unpaired) electrons. The molecule has 0 saturated heterocycles. The van der Waals surface area contributed by atoms with E-state index in [1.165, 1.54) is 44.3 Å². The van der Waals surface area contributed by atoms with Crippen LogP contribution in [-0.4, -0.2) is 5.75 Å². The number of thiol groups is 1. The lowest BCUT2D eigenvalue weighted by molar-refractivity contribution is 0.627. The van der Waals surface area contributed by atoms with Crippen molar-refractivity contribution < 1.29 is 0 Å². The first-order chi connectivity index (χ1) is 5.41. The minimum absolute atomic E-state index is 1.26. The van der Waals surface area contributed by atoms with Crippen molar-refractivity contribution in [1.82, 2.24) is 0 Å². The van der Waals surface area contributed by atoms with Crippen LogP contribution in [0.5, 0.6) is 0 Å². The van der Waals surface area contributed by atoms with E-state index in [9.17, 15) is 0 Å². The fourth-order valence-corrected chi connectivity index (χ4v) is 2.62. The second-order valence-electron chi connectivity index (χ2n) is 2.66. The molecule has 0 aromatic heterocycles. The Balaban J connectivity index is 2.69. The van der Waals surface area contributed by atoms with Gasteiger partial charge in [-0.15, -0.1) is 0 Å². The molecule has 0 heterocycles. The first kappa shape index (κ1) is 12.0. The largest absolute Gasteiger partial charge is 0.0997 e. The molecule has 0 bridgehead atoms. The highest BCUT2D eigenvalue weighted by Gasteiger charge is 1.89. The van der Waals surface area contributed by atoms with E-state index in [1.54, 1.807) is 9.83 Å². The summed E-state index contributed by atoms with van der Waals surface area (Å²) in [4.78, 5) is 0. The molecule has 0 N–H and O–H groups in total. The van der Waals surface area contributed by atoms with Crippen LogP contribution in [0.4, 0.5) is 0 Å². The van der Waals surface area contributed by atoms with Crippen LogP contribution < -0.4 is 0 Å². The summed E-state index contributed by atoms with van der Waals surface area (Å²) in [6, 6.07) is 0. The first-order valence-electron chi connectivity index (χ1n) is 4.35. The smallest absolute Gasteiger partial charge is 0.00450 e. The topological polar surface area (TPSA) is 0 Å². The maximum atomic E-state index is 4.06. The summed E-state index contributed by atoms with van der Waals surface area (Å²) in [5.74, 6) is 1.26. The zero-order valence-corrected chi connectivity index (χ0v) is 9.74. The van der Waals surface area contributed by atoms with Gasteiger partial charge in [-0.1, -0.05) is 61.5 Å². The standard InChI is InChI=1S/C8H18S3/c1-2-3-4-5-6-7-8-10-11-9/h9H,2-8H2,1H3. The molecule has 0 unspecified atom stereocenters. The summed E-state index contributed by atoms with van der Waals surface area (Å²) in [7, 11) is 3.43. The average molecular weight is 210 g/mol. The normalized spacial score (nSPS) is 10.4. The predicted molar refractivity (Wildman–Crippen MR) is 62.4 cm³/mol. The predicted octanol–water partition coefficient (Wildman–Crippen LogP) is 4.57. The Hall–Kier alpha value is 1.05. The summed E-state index contributed by atoms with van der Waals surface area (Å²) in [5, 5.41) is 0. The van der Waals surface area contributed by atoms with Crippen molar-refractivity contribution in [1.29, 1.82) is 0 Å². The van der Waals surface area contributed by atoms with Crippen molar-refractivity contribution in [3.63, 3.8) is 0 Å². The molecule has 0 rings (SSSR count). The third-order valence-corrected chi connectivity index (χ3v) is 3.96. The zero-order valence-electron chi connectivity index (χ0n) is 7.21. The van der Waals surface area contributed by atoms with Gasteiger partial charge in [0.05, 0.1) is 0 Å². The van der Waals surface area contributed by atoms with Crippen molar-refractivity contribution in [3.8, 4) is 0 Å². The molecule has 0 aliphatic heterocycles. The summed E-state index contributed by atoms with van der Waals surface area (Å²) in [6.07, 6.45) is 8.37. The van der Waals surface area contributed by atoms with E-state index >= 15 is 0 Å². The fourth-order valence-electron chi connectivity index (χ4n) is 0.979. The molecule has 3 heteroatoms. The van der Waals surface area contributed by atoms with E-state index < -0.39 is 0 Å². The average Bonchev–Trinajstić information content (AvgIpc) is 2.03.